The Bertz CT molecular complexity index is 1530. The molecular formula is C45H71NO12. The number of hydrogen-bond acceptors (Lipinski definition) is 12. The summed E-state index contributed by atoms with van der Waals surface area (Å²) < 4.78 is 29.8. The van der Waals surface area contributed by atoms with Gasteiger partial charge in [-0.15, -0.1) is 6.58 Å². The highest BCUT2D eigenvalue weighted by molar-refractivity contribution is 6.39. The number of rotatable bonds is 7. The number of fused-ring (bicyclic) bond motifs is 3. The first kappa shape index (κ1) is 47.9. The average molecular weight is 818 g/mol. The molecule has 0 spiro atoms. The van der Waals surface area contributed by atoms with Gasteiger partial charge in [-0.1, -0.05) is 44.1 Å². The third kappa shape index (κ3) is 11.5. The molecule has 14 atom stereocenters. The van der Waals surface area contributed by atoms with Crippen molar-refractivity contribution in [1.82, 2.24) is 4.90 Å². The summed E-state index contributed by atoms with van der Waals surface area (Å²) in [5, 5.41) is 34.3. The van der Waals surface area contributed by atoms with Gasteiger partial charge in [0, 0.05) is 52.0 Å². The summed E-state index contributed by atoms with van der Waals surface area (Å²) in [5.41, 5.74) is 2.44. The largest absolute Gasteiger partial charge is 0.456 e. The van der Waals surface area contributed by atoms with Gasteiger partial charge in [-0.3, -0.25) is 14.4 Å². The van der Waals surface area contributed by atoms with Crippen LogP contribution < -0.4 is 0 Å². The third-order valence-electron chi connectivity index (χ3n) is 13.0. The van der Waals surface area contributed by atoms with Gasteiger partial charge in [-0.2, -0.15) is 0 Å². The molecule has 58 heavy (non-hydrogen) atoms. The van der Waals surface area contributed by atoms with Crippen LogP contribution >= 0.6 is 0 Å². The molecule has 3 aliphatic heterocycles. The first-order chi connectivity index (χ1) is 27.3. The van der Waals surface area contributed by atoms with Crippen LogP contribution in [0, 0.1) is 29.6 Å². The van der Waals surface area contributed by atoms with Crippen molar-refractivity contribution in [2.75, 3.05) is 27.9 Å². The summed E-state index contributed by atoms with van der Waals surface area (Å²) >= 11 is 0. The topological polar surface area (TPSA) is 178 Å². The number of aliphatic hydroxyl groups is 3. The molecular weight excluding hydrogens is 746 g/mol. The zero-order chi connectivity index (χ0) is 43.1. The lowest BCUT2D eigenvalue weighted by molar-refractivity contribution is -0.302. The van der Waals surface area contributed by atoms with Crippen molar-refractivity contribution in [2.45, 2.75) is 167 Å². The zero-order valence-electron chi connectivity index (χ0n) is 36.3. The van der Waals surface area contributed by atoms with Crippen molar-refractivity contribution in [3.05, 3.63) is 35.5 Å². The number of carbonyl (C=O) groups is 4. The Morgan fingerprint density at radius 3 is 2.21 bits per heavy atom. The summed E-state index contributed by atoms with van der Waals surface area (Å²) in [6.07, 6.45) is 3.27. The molecule has 0 aromatic rings. The van der Waals surface area contributed by atoms with Gasteiger partial charge in [-0.05, 0) is 102 Å². The van der Waals surface area contributed by atoms with Crippen LogP contribution in [0.15, 0.2) is 35.5 Å². The number of ketones is 2. The molecule has 328 valence electrons. The Balaban J connectivity index is 1.79. The summed E-state index contributed by atoms with van der Waals surface area (Å²) in [5.74, 6) is -7.77. The van der Waals surface area contributed by atoms with Crippen molar-refractivity contribution >= 4 is 23.4 Å². The van der Waals surface area contributed by atoms with Gasteiger partial charge in [0.2, 0.25) is 5.79 Å². The first-order valence-corrected chi connectivity index (χ1v) is 21.3. The summed E-state index contributed by atoms with van der Waals surface area (Å²) in [4.78, 5) is 58.1. The number of nitrogens with zero attached hydrogens (tertiary/aromatic N) is 1. The van der Waals surface area contributed by atoms with Crippen LogP contribution in [0.5, 0.6) is 0 Å². The number of piperidine rings is 1. The molecule has 3 fully saturated rings. The van der Waals surface area contributed by atoms with E-state index in [1.54, 1.807) is 21.0 Å². The number of amides is 1. The minimum absolute atomic E-state index is 0.00627. The number of allylic oxidation sites excluding steroid dienone is 4. The van der Waals surface area contributed by atoms with E-state index in [2.05, 4.69) is 6.58 Å². The van der Waals surface area contributed by atoms with E-state index in [0.29, 0.717) is 56.9 Å². The quantitative estimate of drug-likeness (QED) is 0.178. The molecule has 2 saturated heterocycles. The zero-order valence-corrected chi connectivity index (χ0v) is 36.3. The van der Waals surface area contributed by atoms with Crippen molar-refractivity contribution in [2.24, 2.45) is 29.6 Å². The number of esters is 1. The summed E-state index contributed by atoms with van der Waals surface area (Å²) in [6, 6.07) is -1.14. The average Bonchev–Trinajstić information content (AvgIpc) is 3.18. The van der Waals surface area contributed by atoms with Crippen LogP contribution in [0.3, 0.4) is 0 Å². The molecule has 1 saturated carbocycles. The van der Waals surface area contributed by atoms with Crippen molar-refractivity contribution in [3.8, 4) is 0 Å². The van der Waals surface area contributed by atoms with Gasteiger partial charge < -0.3 is 43.9 Å². The number of aliphatic hydroxyl groups excluding tert-OH is 2. The Labute approximate surface area is 345 Å². The number of Topliss-reactive ketones (excluding diaryl/α,β-unsaturated/α-hetero) is 2. The van der Waals surface area contributed by atoms with E-state index < -0.39 is 83.9 Å². The van der Waals surface area contributed by atoms with E-state index >= 15 is 0 Å². The van der Waals surface area contributed by atoms with Gasteiger partial charge in [0.25, 0.3) is 11.7 Å². The minimum Gasteiger partial charge on any atom is -0.456 e. The highest BCUT2D eigenvalue weighted by Crippen LogP contribution is 2.39. The second kappa shape index (κ2) is 21.1. The monoisotopic (exact) mass is 817 g/mol. The lowest BCUT2D eigenvalue weighted by Gasteiger charge is -2.47. The first-order valence-electron chi connectivity index (χ1n) is 21.3. The van der Waals surface area contributed by atoms with Gasteiger partial charge in [-0.25, -0.2) is 4.79 Å². The smallest absolute Gasteiger partial charge is 0.329 e. The molecule has 14 unspecified atom stereocenters. The van der Waals surface area contributed by atoms with Gasteiger partial charge in [0.05, 0.1) is 30.5 Å². The maximum Gasteiger partial charge on any atom is 0.329 e. The lowest BCUT2D eigenvalue weighted by atomic mass is 9.81. The fraction of sp³-hybridized carbons (Fsp3) is 0.778. The molecule has 13 heteroatoms. The molecule has 0 radical (unpaired) electrons. The lowest BCUT2D eigenvalue weighted by Crippen LogP contribution is -2.64. The highest BCUT2D eigenvalue weighted by atomic mass is 16.7. The standard InChI is InChI=1S/C45H71NO12/c1-25(2)17-32-19-26(3)18-27(4)20-38(55-9)41-39(56-10)22-29(6)45(53,58-41)42(50)43(51)46-16-12-11-13-33(46)44(52)57-40(30(7)35(48)24-36(32)49)28(5)21-31-14-15-34(47)37(23-31)54-8/h19,21,27,29-35,37-41,47-48,53H,1,11-18,20,22-24H2,2-10H3/b26-19?,28-21+. The SMILES string of the molecule is C=C(C)CC1C=C(C)CC(C)CC(OC)C2OC(O)(C(=O)C(=O)N3CCCCC3C(=O)OC(/C(C)=C/C3CCC(O)C(OC)C3)C(C)C(O)CC1=O)C(C)CC2OC. The molecule has 4 rings (SSSR count). The molecule has 0 aromatic carbocycles. The van der Waals surface area contributed by atoms with E-state index in [-0.39, 0.29) is 49.5 Å². The molecule has 2 bridgehead atoms. The van der Waals surface area contributed by atoms with E-state index in [9.17, 15) is 34.5 Å². The van der Waals surface area contributed by atoms with Crippen LogP contribution in [0.1, 0.15) is 112 Å². The molecule has 13 nitrogen and oxygen atoms in total. The van der Waals surface area contributed by atoms with E-state index in [0.717, 1.165) is 11.1 Å². The maximum absolute atomic E-state index is 14.3. The Morgan fingerprint density at radius 2 is 1.57 bits per heavy atom. The van der Waals surface area contributed by atoms with Crippen LogP contribution in [0.4, 0.5) is 0 Å². The van der Waals surface area contributed by atoms with Crippen LogP contribution in [-0.4, -0.2) is 126 Å². The second-order valence-corrected chi connectivity index (χ2v) is 17.9. The van der Waals surface area contributed by atoms with Crippen LogP contribution in [0.25, 0.3) is 0 Å². The number of methoxy groups -OCH3 is 3. The Morgan fingerprint density at radius 1 is 0.914 bits per heavy atom. The molecule has 3 N–H and O–H groups in total. The molecule has 3 heterocycles. The van der Waals surface area contributed by atoms with E-state index in [4.69, 9.17) is 23.7 Å². The van der Waals surface area contributed by atoms with Gasteiger partial charge >= 0.3 is 5.97 Å². The number of cyclic esters (lactones) is 1. The summed E-state index contributed by atoms with van der Waals surface area (Å²) in [7, 11) is 4.62. The molecule has 1 aliphatic carbocycles. The Kier molecular flexibility index (Phi) is 17.5. The van der Waals surface area contributed by atoms with Crippen molar-refractivity contribution < 1.29 is 58.2 Å². The van der Waals surface area contributed by atoms with Gasteiger partial charge in [0.1, 0.15) is 24.0 Å². The fourth-order valence-corrected chi connectivity index (χ4v) is 9.59. The van der Waals surface area contributed by atoms with Gasteiger partial charge in [0.15, 0.2) is 0 Å². The maximum atomic E-state index is 14.3. The number of hydrogen-bond donors (Lipinski definition) is 3. The predicted octanol–water partition coefficient (Wildman–Crippen LogP) is 5.03. The normalized spacial score (nSPS) is 39.6. The molecule has 4 aliphatic rings. The Hall–Kier alpha value is -2.78. The number of ether oxygens (including phenoxy) is 5. The number of carbonyl (C=O) groups excluding carboxylic acids is 4. The third-order valence-corrected chi connectivity index (χ3v) is 13.0. The predicted molar refractivity (Wildman–Crippen MR) is 217 cm³/mol. The van der Waals surface area contributed by atoms with Crippen molar-refractivity contribution in [1.29, 1.82) is 0 Å². The van der Waals surface area contributed by atoms with Crippen LogP contribution in [-0.2, 0) is 42.9 Å². The van der Waals surface area contributed by atoms with E-state index in [1.807, 2.05) is 39.8 Å². The summed E-state index contributed by atoms with van der Waals surface area (Å²) in [6.45, 7) is 15.2. The minimum atomic E-state index is -2.51. The highest BCUT2D eigenvalue weighted by Gasteiger charge is 2.56. The fourth-order valence-electron chi connectivity index (χ4n) is 9.59. The molecule has 0 aromatic heterocycles. The van der Waals surface area contributed by atoms with E-state index in [1.165, 1.54) is 19.1 Å². The van der Waals surface area contributed by atoms with Crippen LogP contribution in [0.2, 0.25) is 0 Å². The van der Waals surface area contributed by atoms with Crippen molar-refractivity contribution in [3.63, 3.8) is 0 Å². The molecule has 1 amide bonds. The second-order valence-electron chi connectivity index (χ2n) is 17.9.